The van der Waals surface area contributed by atoms with E-state index in [-0.39, 0.29) is 31.9 Å². The minimum atomic E-state index is 0. The molecule has 0 spiro atoms. The molecule has 3 heteroatoms. The average Bonchev–Trinajstić information content (AvgIpc) is 2.85. The first-order chi connectivity index (χ1) is 8.43. The second-order valence-corrected chi connectivity index (χ2v) is 5.71. The first kappa shape index (κ1) is 21.9. The van der Waals surface area contributed by atoms with Gasteiger partial charge in [0.2, 0.25) is 0 Å². The Hall–Kier alpha value is 0.613. The quantitative estimate of drug-likeness (QED) is 0.424. The van der Waals surface area contributed by atoms with E-state index in [0.29, 0.717) is 0 Å². The van der Waals surface area contributed by atoms with Crippen LogP contribution in [0.1, 0.15) is 76.7 Å². The molecule has 0 saturated carbocycles. The molecule has 0 aliphatic rings. The van der Waals surface area contributed by atoms with Crippen LogP contribution in [-0.2, 0) is 25.9 Å². The van der Waals surface area contributed by atoms with Crippen LogP contribution in [0.2, 0.25) is 0 Å². The Labute approximate surface area is 142 Å². The molecule has 107 valence electrons. The van der Waals surface area contributed by atoms with Crippen molar-refractivity contribution in [3.63, 3.8) is 0 Å². The summed E-state index contributed by atoms with van der Waals surface area (Å²) in [5.41, 5.74) is 1.48. The van der Waals surface area contributed by atoms with Gasteiger partial charge in [0.05, 0.1) is 0 Å². The predicted octanol–water partition coefficient (Wildman–Crippen LogP) is 3.01. The second-order valence-electron chi connectivity index (χ2n) is 5.00. The summed E-state index contributed by atoms with van der Waals surface area (Å²) >= 11 is 1.70. The summed E-state index contributed by atoms with van der Waals surface area (Å²) in [5.74, 6) is 0. The maximum absolute atomic E-state index is 3.16. The van der Waals surface area contributed by atoms with Crippen LogP contribution < -0.4 is 12.4 Å². The Morgan fingerprint density at radius 2 is 1.42 bits per heavy atom. The molecule has 19 heavy (non-hydrogen) atoms. The Balaban J connectivity index is 0. The molecule has 0 N–H and O–H groups in total. The van der Waals surface area contributed by atoms with E-state index in [1.807, 2.05) is 0 Å². The number of unbranched alkanes of at least 4 members (excludes halogenated alkanes) is 9. The van der Waals surface area contributed by atoms with Gasteiger partial charge in [-0.15, -0.1) is 11.3 Å². The van der Waals surface area contributed by atoms with Gasteiger partial charge in [0.1, 0.15) is 0 Å². The summed E-state index contributed by atoms with van der Waals surface area (Å²) in [6.45, 7) is 2.28. The standard InChI is InChI=1S/C16H27S.ClH.Zn/c1-2-3-4-5-6-7-8-9-10-11-12-16-13-14-17-15-16;;/h13,15H,2-12H2,1H3;1H;/p-1. The molecule has 1 heterocycles. The number of hydrogen-bond acceptors (Lipinski definition) is 1. The molecule has 1 aromatic rings. The van der Waals surface area contributed by atoms with Gasteiger partial charge in [-0.05, 0) is 29.9 Å². The molecule has 1 rings (SSSR count). The molecule has 0 saturated heterocycles. The average molecular weight is 352 g/mol. The van der Waals surface area contributed by atoms with E-state index >= 15 is 0 Å². The molecule has 0 nitrogen and oxygen atoms in total. The van der Waals surface area contributed by atoms with E-state index in [9.17, 15) is 0 Å². The van der Waals surface area contributed by atoms with Gasteiger partial charge in [-0.3, -0.25) is 0 Å². The van der Waals surface area contributed by atoms with E-state index in [2.05, 4.69) is 23.8 Å². The van der Waals surface area contributed by atoms with Crippen molar-refractivity contribution in [1.29, 1.82) is 0 Å². The third-order valence-corrected chi connectivity index (χ3v) is 4.02. The van der Waals surface area contributed by atoms with E-state index in [0.717, 1.165) is 0 Å². The summed E-state index contributed by atoms with van der Waals surface area (Å²) in [5, 5.41) is 5.39. The van der Waals surface area contributed by atoms with Gasteiger partial charge in [-0.25, -0.2) is 0 Å². The fourth-order valence-electron chi connectivity index (χ4n) is 2.20. The zero-order valence-electron chi connectivity index (χ0n) is 12.4. The largest absolute Gasteiger partial charge is 1.00 e. The van der Waals surface area contributed by atoms with Gasteiger partial charge in [-0.2, -0.15) is 0 Å². The maximum Gasteiger partial charge on any atom is 0.0445 e. The summed E-state index contributed by atoms with van der Waals surface area (Å²) in [4.78, 5) is 0. The second kappa shape index (κ2) is 16.7. The minimum Gasteiger partial charge on any atom is -1.00 e. The fraction of sp³-hybridized carbons (Fsp3) is 0.750. The van der Waals surface area contributed by atoms with Crippen molar-refractivity contribution >= 4 is 11.3 Å². The first-order valence-electron chi connectivity index (χ1n) is 7.37. The Kier molecular flexibility index (Phi) is 19.2. The van der Waals surface area contributed by atoms with Crippen LogP contribution in [0, 0.1) is 5.38 Å². The summed E-state index contributed by atoms with van der Waals surface area (Å²) in [6, 6.07) is 2.14. The van der Waals surface area contributed by atoms with Gasteiger partial charge in [0, 0.05) is 24.9 Å². The number of rotatable bonds is 11. The third kappa shape index (κ3) is 13.4. The van der Waals surface area contributed by atoms with Crippen LogP contribution in [0.25, 0.3) is 0 Å². The minimum absolute atomic E-state index is 0. The molecule has 1 radical (unpaired) electrons. The van der Waals surface area contributed by atoms with Crippen molar-refractivity contribution in [3.05, 3.63) is 22.4 Å². The van der Waals surface area contributed by atoms with Crippen LogP contribution >= 0.6 is 11.3 Å². The first-order valence-corrected chi connectivity index (χ1v) is 8.25. The predicted molar refractivity (Wildman–Crippen MR) is 78.7 cm³/mol. The van der Waals surface area contributed by atoms with Gasteiger partial charge in [0.25, 0.3) is 0 Å². The van der Waals surface area contributed by atoms with Crippen molar-refractivity contribution in [2.24, 2.45) is 0 Å². The summed E-state index contributed by atoms with van der Waals surface area (Å²) in [6.07, 6.45) is 15.5. The van der Waals surface area contributed by atoms with E-state index in [1.165, 1.54) is 76.2 Å². The molecule has 0 aliphatic heterocycles. The topological polar surface area (TPSA) is 0 Å². The zero-order valence-corrected chi connectivity index (χ0v) is 17.0. The van der Waals surface area contributed by atoms with Crippen molar-refractivity contribution in [2.75, 3.05) is 0 Å². The van der Waals surface area contributed by atoms with Crippen molar-refractivity contribution < 1.29 is 31.9 Å². The van der Waals surface area contributed by atoms with Gasteiger partial charge < -0.3 is 12.4 Å². The van der Waals surface area contributed by atoms with E-state index < -0.39 is 0 Å². The normalized spacial score (nSPS) is 9.74. The van der Waals surface area contributed by atoms with Crippen LogP contribution in [0.15, 0.2) is 11.4 Å². The number of halogens is 1. The van der Waals surface area contributed by atoms with Crippen molar-refractivity contribution in [2.45, 2.75) is 77.6 Å². The van der Waals surface area contributed by atoms with Crippen LogP contribution in [-0.4, -0.2) is 0 Å². The number of aryl methyl sites for hydroxylation is 1. The third-order valence-electron chi connectivity index (χ3n) is 3.34. The molecule has 0 unspecified atom stereocenters. The van der Waals surface area contributed by atoms with E-state index in [4.69, 9.17) is 0 Å². The van der Waals surface area contributed by atoms with Crippen molar-refractivity contribution in [3.8, 4) is 0 Å². The fourth-order valence-corrected chi connectivity index (χ4v) is 2.83. The van der Waals surface area contributed by atoms with Crippen molar-refractivity contribution in [1.82, 2.24) is 0 Å². The Morgan fingerprint density at radius 3 is 1.89 bits per heavy atom. The molecule has 1 aromatic heterocycles. The monoisotopic (exact) mass is 350 g/mol. The maximum atomic E-state index is 3.16. The molecular formula is C16H27ClSZn-. The van der Waals surface area contributed by atoms with E-state index in [1.54, 1.807) is 11.3 Å². The SMILES string of the molecule is CCCCCCCCCCCCc1c[c]sc1.[Cl-].[Zn]. The van der Waals surface area contributed by atoms with Crippen LogP contribution in [0.3, 0.4) is 0 Å². The number of hydrogen-bond donors (Lipinski definition) is 0. The summed E-state index contributed by atoms with van der Waals surface area (Å²) < 4.78 is 0. The Morgan fingerprint density at radius 1 is 0.895 bits per heavy atom. The smallest absolute Gasteiger partial charge is 0.0445 e. The van der Waals surface area contributed by atoms with Gasteiger partial charge >= 0.3 is 0 Å². The van der Waals surface area contributed by atoms with Crippen LogP contribution in [0.5, 0.6) is 0 Å². The molecule has 0 fully saturated rings. The molecule has 0 amide bonds. The van der Waals surface area contributed by atoms with Gasteiger partial charge in [-0.1, -0.05) is 64.7 Å². The molecule has 0 bridgehead atoms. The van der Waals surface area contributed by atoms with Crippen LogP contribution in [0.4, 0.5) is 0 Å². The summed E-state index contributed by atoms with van der Waals surface area (Å²) in [7, 11) is 0. The molecular weight excluding hydrogens is 325 g/mol. The zero-order chi connectivity index (χ0) is 12.2. The molecule has 0 aliphatic carbocycles. The number of thiophene rings is 1. The Bertz CT molecular complexity index is 249. The molecule has 0 aromatic carbocycles. The molecule has 0 atom stereocenters. The van der Waals surface area contributed by atoms with Gasteiger partial charge in [0.15, 0.2) is 0 Å².